The van der Waals surface area contributed by atoms with Crippen LogP contribution in [-0.4, -0.2) is 21.8 Å². The third kappa shape index (κ3) is 2.58. The molecule has 1 aliphatic carbocycles. The second-order valence-electron chi connectivity index (χ2n) is 3.78. The molecule has 0 saturated heterocycles. The van der Waals surface area contributed by atoms with Crippen LogP contribution in [0.3, 0.4) is 0 Å². The molecule has 1 aliphatic rings. The summed E-state index contributed by atoms with van der Waals surface area (Å²) in [7, 11) is 0. The van der Waals surface area contributed by atoms with Crippen LogP contribution in [0.2, 0.25) is 0 Å². The van der Waals surface area contributed by atoms with Gasteiger partial charge in [-0.05, 0) is 19.8 Å². The molecule has 2 atom stereocenters. The van der Waals surface area contributed by atoms with E-state index in [2.05, 4.69) is 26.2 Å². The van der Waals surface area contributed by atoms with E-state index in [4.69, 9.17) is 0 Å². The Bertz CT molecular complexity index is 366. The average Bonchev–Trinajstić information content (AvgIpc) is 2.77. The van der Waals surface area contributed by atoms with Crippen molar-refractivity contribution in [3.05, 3.63) is 16.1 Å². The number of hydrogen-bond donors (Lipinski definition) is 1. The van der Waals surface area contributed by atoms with Crippen molar-refractivity contribution in [2.24, 2.45) is 0 Å². The molecule has 0 aromatic carbocycles. The van der Waals surface area contributed by atoms with Crippen LogP contribution in [-0.2, 0) is 0 Å². The molecule has 1 N–H and O–H groups in total. The average molecular weight is 289 g/mol. The molecule has 1 aromatic rings. The Morgan fingerprint density at radius 1 is 1.67 bits per heavy atom. The highest BCUT2D eigenvalue weighted by atomic mass is 79.9. The third-order valence-electron chi connectivity index (χ3n) is 2.60. The molecule has 0 radical (unpaired) electrons. The molecule has 2 rings (SSSR count). The van der Waals surface area contributed by atoms with Crippen molar-refractivity contribution in [3.63, 3.8) is 0 Å². The SMILES string of the molecule is Cc1nc(C(=O)NC2CCCC2Br)cs1. The molecule has 15 heavy (non-hydrogen) atoms. The quantitative estimate of drug-likeness (QED) is 0.850. The molecule has 5 heteroatoms. The highest BCUT2D eigenvalue weighted by Crippen LogP contribution is 2.25. The predicted molar refractivity (Wildman–Crippen MR) is 64.7 cm³/mol. The van der Waals surface area contributed by atoms with Gasteiger partial charge in [-0.1, -0.05) is 22.4 Å². The van der Waals surface area contributed by atoms with E-state index < -0.39 is 0 Å². The van der Waals surface area contributed by atoms with Crippen LogP contribution < -0.4 is 5.32 Å². The summed E-state index contributed by atoms with van der Waals surface area (Å²) in [6.45, 7) is 1.91. The zero-order chi connectivity index (χ0) is 10.8. The van der Waals surface area contributed by atoms with Crippen LogP contribution in [0.15, 0.2) is 5.38 Å². The summed E-state index contributed by atoms with van der Waals surface area (Å²) in [6.07, 6.45) is 3.38. The molecule has 82 valence electrons. The maximum Gasteiger partial charge on any atom is 0.271 e. The number of aryl methyl sites for hydroxylation is 1. The van der Waals surface area contributed by atoms with Gasteiger partial charge < -0.3 is 5.32 Å². The summed E-state index contributed by atoms with van der Waals surface area (Å²) in [5, 5.41) is 5.76. The minimum absolute atomic E-state index is 0.0456. The van der Waals surface area contributed by atoms with Crippen molar-refractivity contribution in [2.45, 2.75) is 37.1 Å². The molecule has 0 aliphatic heterocycles. The number of nitrogens with zero attached hydrogens (tertiary/aromatic N) is 1. The smallest absolute Gasteiger partial charge is 0.271 e. The van der Waals surface area contributed by atoms with E-state index in [0.717, 1.165) is 17.8 Å². The number of thiazole rings is 1. The number of halogens is 1. The second-order valence-corrected chi connectivity index (χ2v) is 6.02. The number of nitrogens with one attached hydrogen (secondary N) is 1. The van der Waals surface area contributed by atoms with Gasteiger partial charge in [0.1, 0.15) is 5.69 Å². The minimum Gasteiger partial charge on any atom is -0.347 e. The molecule has 2 unspecified atom stereocenters. The van der Waals surface area contributed by atoms with E-state index in [-0.39, 0.29) is 11.9 Å². The molecule has 1 amide bonds. The van der Waals surface area contributed by atoms with Gasteiger partial charge >= 0.3 is 0 Å². The number of aromatic nitrogens is 1. The van der Waals surface area contributed by atoms with Crippen molar-refractivity contribution in [1.29, 1.82) is 0 Å². The van der Waals surface area contributed by atoms with Gasteiger partial charge in [0.2, 0.25) is 0 Å². The zero-order valence-electron chi connectivity index (χ0n) is 8.50. The zero-order valence-corrected chi connectivity index (χ0v) is 10.9. The normalized spacial score (nSPS) is 25.5. The van der Waals surface area contributed by atoms with E-state index in [1.807, 2.05) is 12.3 Å². The topological polar surface area (TPSA) is 42.0 Å². The first-order valence-corrected chi connectivity index (χ1v) is 6.83. The lowest BCUT2D eigenvalue weighted by atomic mass is 10.2. The van der Waals surface area contributed by atoms with Crippen molar-refractivity contribution in [3.8, 4) is 0 Å². The molecule has 0 bridgehead atoms. The summed E-state index contributed by atoms with van der Waals surface area (Å²) in [6, 6.07) is 0.263. The first kappa shape index (κ1) is 11.1. The molecular formula is C10H13BrN2OS. The fourth-order valence-electron chi connectivity index (χ4n) is 1.79. The van der Waals surface area contributed by atoms with Crippen molar-refractivity contribution < 1.29 is 4.79 Å². The van der Waals surface area contributed by atoms with E-state index in [0.29, 0.717) is 10.5 Å². The predicted octanol–water partition coefficient (Wildman–Crippen LogP) is 2.50. The van der Waals surface area contributed by atoms with Gasteiger partial charge in [-0.25, -0.2) is 4.98 Å². The van der Waals surface area contributed by atoms with Crippen LogP contribution in [0.25, 0.3) is 0 Å². The Morgan fingerprint density at radius 3 is 3.00 bits per heavy atom. The monoisotopic (exact) mass is 288 g/mol. The van der Waals surface area contributed by atoms with Crippen molar-refractivity contribution in [2.75, 3.05) is 0 Å². The number of rotatable bonds is 2. The first-order valence-electron chi connectivity index (χ1n) is 5.04. The van der Waals surface area contributed by atoms with Gasteiger partial charge in [-0.3, -0.25) is 4.79 Å². The highest BCUT2D eigenvalue weighted by molar-refractivity contribution is 9.09. The number of hydrogen-bond acceptors (Lipinski definition) is 3. The third-order valence-corrected chi connectivity index (χ3v) is 4.47. The van der Waals surface area contributed by atoms with E-state index in [9.17, 15) is 4.79 Å². The Balaban J connectivity index is 1.97. The molecular weight excluding hydrogens is 276 g/mol. The maximum absolute atomic E-state index is 11.8. The first-order chi connectivity index (χ1) is 7.16. The lowest BCUT2D eigenvalue weighted by Crippen LogP contribution is -2.37. The van der Waals surface area contributed by atoms with Crippen LogP contribution in [0, 0.1) is 6.92 Å². The lowest BCUT2D eigenvalue weighted by Gasteiger charge is -2.14. The van der Waals surface area contributed by atoms with Crippen LogP contribution in [0.1, 0.15) is 34.8 Å². The molecule has 1 saturated carbocycles. The van der Waals surface area contributed by atoms with Crippen molar-refractivity contribution >= 4 is 33.2 Å². The van der Waals surface area contributed by atoms with Crippen molar-refractivity contribution in [1.82, 2.24) is 10.3 Å². The van der Waals surface area contributed by atoms with E-state index in [1.54, 1.807) is 0 Å². The Hall–Kier alpha value is -0.420. The Morgan fingerprint density at radius 2 is 2.47 bits per heavy atom. The minimum atomic E-state index is -0.0456. The summed E-state index contributed by atoms with van der Waals surface area (Å²) >= 11 is 5.09. The summed E-state index contributed by atoms with van der Waals surface area (Å²) in [5.41, 5.74) is 0.545. The van der Waals surface area contributed by atoms with Crippen LogP contribution >= 0.6 is 27.3 Å². The lowest BCUT2D eigenvalue weighted by molar-refractivity contribution is 0.0934. The van der Waals surface area contributed by atoms with Gasteiger partial charge in [0.25, 0.3) is 5.91 Å². The van der Waals surface area contributed by atoms with Crippen LogP contribution in [0.4, 0.5) is 0 Å². The van der Waals surface area contributed by atoms with Gasteiger partial charge in [0.05, 0.1) is 5.01 Å². The van der Waals surface area contributed by atoms with E-state index >= 15 is 0 Å². The van der Waals surface area contributed by atoms with Gasteiger partial charge in [0, 0.05) is 16.2 Å². The molecule has 1 fully saturated rings. The van der Waals surface area contributed by atoms with Gasteiger partial charge in [-0.15, -0.1) is 11.3 Å². The Labute approximate surface area is 101 Å². The summed E-state index contributed by atoms with van der Waals surface area (Å²) in [4.78, 5) is 16.4. The Kier molecular flexibility index (Phi) is 3.41. The number of alkyl halides is 1. The molecule has 0 spiro atoms. The van der Waals surface area contributed by atoms with E-state index in [1.165, 1.54) is 17.8 Å². The van der Waals surface area contributed by atoms with Gasteiger partial charge in [-0.2, -0.15) is 0 Å². The number of carbonyl (C=O) groups excluding carboxylic acids is 1. The van der Waals surface area contributed by atoms with Gasteiger partial charge in [0.15, 0.2) is 0 Å². The van der Waals surface area contributed by atoms with Crippen LogP contribution in [0.5, 0.6) is 0 Å². The molecule has 1 heterocycles. The fraction of sp³-hybridized carbons (Fsp3) is 0.600. The highest BCUT2D eigenvalue weighted by Gasteiger charge is 2.26. The molecule has 1 aromatic heterocycles. The fourth-order valence-corrected chi connectivity index (χ4v) is 3.10. The maximum atomic E-state index is 11.8. The molecule has 3 nitrogen and oxygen atoms in total. The largest absolute Gasteiger partial charge is 0.347 e. The summed E-state index contributed by atoms with van der Waals surface area (Å²) < 4.78 is 0. The summed E-state index contributed by atoms with van der Waals surface area (Å²) in [5.74, 6) is -0.0456. The second kappa shape index (κ2) is 4.61. The standard InChI is InChI=1S/C10H13BrN2OS/c1-6-12-9(5-15-6)10(14)13-8-4-2-3-7(8)11/h5,7-8H,2-4H2,1H3,(H,13,14). The number of carbonyl (C=O) groups is 1. The number of amides is 1.